The van der Waals surface area contributed by atoms with E-state index >= 15 is 0 Å². The minimum atomic E-state index is -2.11. The first-order valence-corrected chi connectivity index (χ1v) is 18.5. The number of benzene rings is 4. The van der Waals surface area contributed by atoms with Crippen molar-refractivity contribution < 1.29 is 52.2 Å². The van der Waals surface area contributed by atoms with Crippen LogP contribution in [0.15, 0.2) is 121 Å². The Labute approximate surface area is 317 Å². The minimum absolute atomic E-state index is 0.0185. The van der Waals surface area contributed by atoms with Gasteiger partial charge in [0.05, 0.1) is 79.3 Å². The van der Waals surface area contributed by atoms with Crippen LogP contribution in [0.4, 0.5) is 0 Å². The van der Waals surface area contributed by atoms with Crippen molar-refractivity contribution >= 4 is 5.97 Å². The van der Waals surface area contributed by atoms with E-state index in [1.807, 2.05) is 121 Å². The van der Waals surface area contributed by atoms with Crippen molar-refractivity contribution in [3.8, 4) is 0 Å². The third kappa shape index (κ3) is 11.7. The van der Waals surface area contributed by atoms with Gasteiger partial charge < -0.3 is 47.4 Å². The first-order valence-electron chi connectivity index (χ1n) is 18.5. The number of rotatable bonds is 13. The average Bonchev–Trinajstić information content (AvgIpc) is 3.22. The van der Waals surface area contributed by atoms with Crippen LogP contribution in [-0.4, -0.2) is 95.6 Å². The van der Waals surface area contributed by atoms with Crippen LogP contribution < -0.4 is 0 Å². The molecule has 0 bridgehead atoms. The zero-order chi connectivity index (χ0) is 37.1. The van der Waals surface area contributed by atoms with Gasteiger partial charge >= 0.3 is 5.97 Å². The molecule has 4 aromatic carbocycles. The van der Waals surface area contributed by atoms with Crippen molar-refractivity contribution in [3.05, 3.63) is 144 Å². The molecular weight excluding hydrogens is 692 g/mol. The highest BCUT2D eigenvalue weighted by atomic mass is 16.8. The molecule has 6 rings (SSSR count). The molecule has 2 aliphatic rings. The second kappa shape index (κ2) is 21.8. The summed E-state index contributed by atoms with van der Waals surface area (Å²) in [5, 5.41) is 0. The molecule has 54 heavy (non-hydrogen) atoms. The van der Waals surface area contributed by atoms with Gasteiger partial charge in [0.1, 0.15) is 24.9 Å². The van der Waals surface area contributed by atoms with E-state index in [2.05, 4.69) is 0 Å². The van der Waals surface area contributed by atoms with E-state index in [9.17, 15) is 4.79 Å². The first-order chi connectivity index (χ1) is 26.7. The van der Waals surface area contributed by atoms with Crippen molar-refractivity contribution in [2.24, 2.45) is 0 Å². The smallest absolute Gasteiger partial charge is 0.370 e. The summed E-state index contributed by atoms with van der Waals surface area (Å²) in [6, 6.07) is 39.2. The summed E-state index contributed by atoms with van der Waals surface area (Å²) in [5.41, 5.74) is 3.75. The maximum absolute atomic E-state index is 14.6. The van der Waals surface area contributed by atoms with Gasteiger partial charge in [-0.1, -0.05) is 121 Å². The van der Waals surface area contributed by atoms with Crippen LogP contribution in [0.25, 0.3) is 0 Å². The molecule has 0 amide bonds. The van der Waals surface area contributed by atoms with E-state index in [1.165, 1.54) is 0 Å². The lowest BCUT2D eigenvalue weighted by Gasteiger charge is -2.50. The lowest BCUT2D eigenvalue weighted by atomic mass is 9.91. The van der Waals surface area contributed by atoms with E-state index in [0.29, 0.717) is 33.0 Å². The second-order valence-corrected chi connectivity index (χ2v) is 12.9. The van der Waals surface area contributed by atoms with Crippen LogP contribution in [0.5, 0.6) is 0 Å². The zero-order valence-corrected chi connectivity index (χ0v) is 30.5. The monoisotopic (exact) mass is 742 g/mol. The molecule has 0 aliphatic carbocycles. The largest absolute Gasteiger partial charge is 0.459 e. The van der Waals surface area contributed by atoms with Gasteiger partial charge in [-0.25, -0.2) is 4.79 Å². The molecule has 2 heterocycles. The van der Waals surface area contributed by atoms with Crippen LogP contribution in [0.1, 0.15) is 22.3 Å². The van der Waals surface area contributed by atoms with Gasteiger partial charge in [0.2, 0.25) is 0 Å². The van der Waals surface area contributed by atoms with E-state index in [-0.39, 0.29) is 52.9 Å². The van der Waals surface area contributed by atoms with E-state index in [0.717, 1.165) is 22.3 Å². The molecule has 0 radical (unpaired) electrons. The molecule has 4 aromatic rings. The Morgan fingerprint density at radius 2 is 0.926 bits per heavy atom. The molecule has 0 aromatic heterocycles. The molecule has 11 nitrogen and oxygen atoms in total. The SMILES string of the molecule is O=C1OCCOCCOCCOCCO[C@]12O[C@H](COCc1ccccc1)[C@@H](OCc1ccccc1)[C@H](OCc1ccccc1)[C@H]2OCc1ccccc1. The Morgan fingerprint density at radius 3 is 1.44 bits per heavy atom. The molecule has 2 saturated heterocycles. The highest BCUT2D eigenvalue weighted by molar-refractivity contribution is 5.79. The summed E-state index contributed by atoms with van der Waals surface area (Å²) >= 11 is 0. The fourth-order valence-electron chi connectivity index (χ4n) is 6.27. The highest BCUT2D eigenvalue weighted by Gasteiger charge is 2.63. The average molecular weight is 743 g/mol. The van der Waals surface area contributed by atoms with Crippen LogP contribution >= 0.6 is 0 Å². The molecular formula is C43H50O11. The molecule has 2 aliphatic heterocycles. The quantitative estimate of drug-likeness (QED) is 0.158. The third-order valence-corrected chi connectivity index (χ3v) is 8.96. The third-order valence-electron chi connectivity index (χ3n) is 8.96. The van der Waals surface area contributed by atoms with Crippen molar-refractivity contribution in [1.29, 1.82) is 0 Å². The summed E-state index contributed by atoms with van der Waals surface area (Å²) in [7, 11) is 0. The summed E-state index contributed by atoms with van der Waals surface area (Å²) < 4.78 is 62.9. The fourth-order valence-corrected chi connectivity index (χ4v) is 6.27. The van der Waals surface area contributed by atoms with Crippen molar-refractivity contribution in [2.75, 3.05) is 59.5 Å². The zero-order valence-electron chi connectivity index (χ0n) is 30.5. The van der Waals surface area contributed by atoms with Crippen molar-refractivity contribution in [2.45, 2.75) is 56.6 Å². The van der Waals surface area contributed by atoms with E-state index < -0.39 is 36.2 Å². The fraction of sp³-hybridized carbons (Fsp3) is 0.419. The van der Waals surface area contributed by atoms with Gasteiger partial charge in [-0.3, -0.25) is 0 Å². The lowest BCUT2D eigenvalue weighted by molar-refractivity contribution is -0.373. The summed E-state index contributed by atoms with van der Waals surface area (Å²) in [5.74, 6) is -2.89. The maximum Gasteiger partial charge on any atom is 0.370 e. The summed E-state index contributed by atoms with van der Waals surface area (Å²) in [6.45, 7) is 2.61. The van der Waals surface area contributed by atoms with Gasteiger partial charge in [0.25, 0.3) is 5.79 Å². The van der Waals surface area contributed by atoms with Gasteiger partial charge in [0.15, 0.2) is 6.10 Å². The van der Waals surface area contributed by atoms with Crippen molar-refractivity contribution in [3.63, 3.8) is 0 Å². The predicted molar refractivity (Wildman–Crippen MR) is 198 cm³/mol. The van der Waals surface area contributed by atoms with Crippen LogP contribution in [0.3, 0.4) is 0 Å². The maximum atomic E-state index is 14.6. The molecule has 0 saturated carbocycles. The van der Waals surface area contributed by atoms with Crippen LogP contribution in [-0.2, 0) is 78.6 Å². The molecule has 288 valence electrons. The Kier molecular flexibility index (Phi) is 16.0. The molecule has 0 N–H and O–H groups in total. The molecule has 11 heteroatoms. The molecule has 5 atom stereocenters. The van der Waals surface area contributed by atoms with Crippen LogP contribution in [0.2, 0.25) is 0 Å². The number of carbonyl (C=O) groups is 1. The van der Waals surface area contributed by atoms with Gasteiger partial charge in [-0.2, -0.15) is 0 Å². The Bertz CT molecular complexity index is 1610. The normalized spacial score (nSPS) is 24.6. The Morgan fingerprint density at radius 1 is 0.500 bits per heavy atom. The predicted octanol–water partition coefficient (Wildman–Crippen LogP) is 5.68. The topological polar surface area (TPSA) is 109 Å². The Hall–Kier alpha value is -4.01. The first kappa shape index (κ1) is 39.7. The standard InChI is InChI=1S/C43H50O11/c44-42-43(53-28-26-47-24-22-45-21-23-46-25-27-49-42)41(52-32-37-19-11-4-12-20-37)40(51-31-36-17-9-3-10-18-36)39(50-30-35-15-7-2-8-16-35)38(54-43)33-48-29-34-13-5-1-6-14-34/h1-20,38-41H,21-33H2/t38-,39-,40+,41-,43-/m1/s1. The van der Waals surface area contributed by atoms with Gasteiger partial charge in [-0.15, -0.1) is 0 Å². The van der Waals surface area contributed by atoms with Gasteiger partial charge in [0, 0.05) is 0 Å². The number of cyclic esters (lactones) is 1. The van der Waals surface area contributed by atoms with Crippen molar-refractivity contribution in [1.82, 2.24) is 0 Å². The van der Waals surface area contributed by atoms with Crippen LogP contribution in [0, 0.1) is 0 Å². The summed E-state index contributed by atoms with van der Waals surface area (Å²) in [4.78, 5) is 14.6. The lowest BCUT2D eigenvalue weighted by Crippen LogP contribution is -2.71. The van der Waals surface area contributed by atoms with Gasteiger partial charge in [-0.05, 0) is 22.3 Å². The van der Waals surface area contributed by atoms with E-state index in [4.69, 9.17) is 47.4 Å². The molecule has 0 unspecified atom stereocenters. The second-order valence-electron chi connectivity index (χ2n) is 12.9. The number of esters is 1. The minimum Gasteiger partial charge on any atom is -0.459 e. The number of carbonyl (C=O) groups excluding carboxylic acids is 1. The molecule has 2 fully saturated rings. The van der Waals surface area contributed by atoms with E-state index in [1.54, 1.807) is 0 Å². The molecule has 1 spiro atoms. The summed E-state index contributed by atoms with van der Waals surface area (Å²) in [6.07, 6.45) is -3.72. The number of ether oxygens (including phenoxy) is 10. The number of hydrogen-bond donors (Lipinski definition) is 0. The number of hydrogen-bond acceptors (Lipinski definition) is 11. The Balaban J connectivity index is 1.38. The highest BCUT2D eigenvalue weighted by Crippen LogP contribution is 2.39.